The molecule has 0 aliphatic carbocycles. The van der Waals surface area contributed by atoms with Gasteiger partial charge in [-0.3, -0.25) is 4.57 Å². The van der Waals surface area contributed by atoms with Crippen LogP contribution in [0.25, 0.3) is 0 Å². The molecule has 86 valence electrons. The summed E-state index contributed by atoms with van der Waals surface area (Å²) in [6, 6.07) is 0.227. The Morgan fingerprint density at radius 2 is 2.13 bits per heavy atom. The van der Waals surface area contributed by atoms with E-state index in [9.17, 15) is 4.79 Å². The quantitative estimate of drug-likeness (QED) is 0.779. The molecule has 1 aromatic heterocycles. The summed E-state index contributed by atoms with van der Waals surface area (Å²) in [5.41, 5.74) is 0.0330. The van der Waals surface area contributed by atoms with Crippen molar-refractivity contribution < 1.29 is 0 Å². The van der Waals surface area contributed by atoms with Gasteiger partial charge in [0, 0.05) is 13.1 Å². The van der Waals surface area contributed by atoms with E-state index < -0.39 is 0 Å². The second-order valence-corrected chi connectivity index (χ2v) is 4.91. The Labute approximate surface area is 90.1 Å². The lowest BCUT2D eigenvalue weighted by Crippen LogP contribution is -2.43. The van der Waals surface area contributed by atoms with E-state index in [-0.39, 0.29) is 17.1 Å². The third kappa shape index (κ3) is 2.68. The Hall–Kier alpha value is -1.10. The van der Waals surface area contributed by atoms with Gasteiger partial charge in [-0.25, -0.2) is 9.48 Å². The van der Waals surface area contributed by atoms with Crippen molar-refractivity contribution in [3.8, 4) is 0 Å². The monoisotopic (exact) mass is 212 g/mol. The minimum atomic E-state index is -0.0699. The molecule has 1 aromatic rings. The Morgan fingerprint density at radius 3 is 2.47 bits per heavy atom. The molecule has 0 radical (unpaired) electrons. The smallest absolute Gasteiger partial charge is 0.315 e. The zero-order valence-electron chi connectivity index (χ0n) is 10.1. The third-order valence-corrected chi connectivity index (χ3v) is 2.64. The fourth-order valence-corrected chi connectivity index (χ4v) is 1.52. The molecule has 0 amide bonds. The van der Waals surface area contributed by atoms with Gasteiger partial charge < -0.3 is 5.32 Å². The van der Waals surface area contributed by atoms with Crippen molar-refractivity contribution in [1.29, 1.82) is 0 Å². The van der Waals surface area contributed by atoms with Gasteiger partial charge in [0.05, 0.1) is 6.54 Å². The second kappa shape index (κ2) is 4.18. The lowest BCUT2D eigenvalue weighted by atomic mass is 9.87. The van der Waals surface area contributed by atoms with E-state index in [0.717, 1.165) is 0 Å². The first-order valence-electron chi connectivity index (χ1n) is 5.12. The lowest BCUT2D eigenvalue weighted by Gasteiger charge is -2.29. The molecule has 5 heteroatoms. The van der Waals surface area contributed by atoms with Gasteiger partial charge in [0.15, 0.2) is 0 Å². The first-order valence-corrected chi connectivity index (χ1v) is 5.12. The molecule has 0 aliphatic rings. The number of rotatable bonds is 3. The predicted octanol–water partition coefficient (Wildman–Crippen LogP) is 0.216. The normalized spacial score (nSPS) is 14.2. The molecule has 0 fully saturated rings. The van der Waals surface area contributed by atoms with Crippen LogP contribution < -0.4 is 11.0 Å². The molecular weight excluding hydrogens is 192 g/mol. The van der Waals surface area contributed by atoms with Gasteiger partial charge in [0.2, 0.25) is 0 Å². The average Bonchev–Trinajstić information content (AvgIpc) is 2.43. The Morgan fingerprint density at radius 1 is 1.53 bits per heavy atom. The fourth-order valence-electron chi connectivity index (χ4n) is 1.52. The van der Waals surface area contributed by atoms with Gasteiger partial charge in [-0.2, -0.15) is 5.10 Å². The zero-order chi connectivity index (χ0) is 11.6. The summed E-state index contributed by atoms with van der Waals surface area (Å²) in [4.78, 5) is 11.6. The van der Waals surface area contributed by atoms with E-state index in [1.165, 1.54) is 15.6 Å². The van der Waals surface area contributed by atoms with Crippen LogP contribution in [0, 0.1) is 5.41 Å². The largest absolute Gasteiger partial charge is 0.345 e. The van der Waals surface area contributed by atoms with Crippen molar-refractivity contribution in [3.05, 3.63) is 16.8 Å². The van der Waals surface area contributed by atoms with Crippen LogP contribution in [0.5, 0.6) is 0 Å². The summed E-state index contributed by atoms with van der Waals surface area (Å²) in [7, 11) is 3.61. The summed E-state index contributed by atoms with van der Waals surface area (Å²) >= 11 is 0. The number of nitrogens with zero attached hydrogens (tertiary/aromatic N) is 3. The lowest BCUT2D eigenvalue weighted by molar-refractivity contribution is 0.245. The Bertz CT molecular complexity index is 372. The highest BCUT2D eigenvalue weighted by Crippen LogP contribution is 2.19. The highest BCUT2D eigenvalue weighted by atomic mass is 16.2. The van der Waals surface area contributed by atoms with E-state index >= 15 is 0 Å². The summed E-state index contributed by atoms with van der Waals surface area (Å²) in [5, 5.41) is 7.26. The molecular formula is C10H20N4O. The molecule has 0 aliphatic heterocycles. The van der Waals surface area contributed by atoms with Crippen LogP contribution in [0.2, 0.25) is 0 Å². The molecule has 0 aromatic carbocycles. The van der Waals surface area contributed by atoms with Crippen molar-refractivity contribution in [2.75, 3.05) is 7.05 Å². The molecule has 1 unspecified atom stereocenters. The van der Waals surface area contributed by atoms with E-state index in [0.29, 0.717) is 6.54 Å². The number of aromatic nitrogens is 3. The number of nitrogens with one attached hydrogen (secondary N) is 1. The van der Waals surface area contributed by atoms with Crippen LogP contribution in [0.4, 0.5) is 0 Å². The third-order valence-electron chi connectivity index (χ3n) is 2.64. The maximum absolute atomic E-state index is 11.6. The number of hydrogen-bond acceptors (Lipinski definition) is 3. The summed E-state index contributed by atoms with van der Waals surface area (Å²) in [5.74, 6) is 0. The number of likely N-dealkylation sites (N-methyl/N-ethyl adjacent to an activating group) is 1. The molecule has 1 atom stereocenters. The van der Waals surface area contributed by atoms with Crippen LogP contribution in [-0.4, -0.2) is 27.4 Å². The standard InChI is InChI=1S/C10H20N4O/c1-10(2,3)8(11-4)6-14-9(15)13(5)7-12-14/h7-8,11H,6H2,1-5H3. The fraction of sp³-hybridized carbons (Fsp3) is 0.800. The highest BCUT2D eigenvalue weighted by Gasteiger charge is 2.24. The van der Waals surface area contributed by atoms with Crippen molar-refractivity contribution in [2.45, 2.75) is 33.4 Å². The molecule has 1 rings (SSSR count). The predicted molar refractivity (Wildman–Crippen MR) is 59.8 cm³/mol. The van der Waals surface area contributed by atoms with Crippen molar-refractivity contribution >= 4 is 0 Å². The number of aryl methyl sites for hydroxylation is 1. The van der Waals surface area contributed by atoms with Crippen LogP contribution in [-0.2, 0) is 13.6 Å². The molecule has 0 spiro atoms. The summed E-state index contributed by atoms with van der Waals surface area (Å²) in [6.45, 7) is 7.02. The van der Waals surface area contributed by atoms with E-state index in [1.807, 2.05) is 7.05 Å². The van der Waals surface area contributed by atoms with Crippen molar-refractivity contribution in [1.82, 2.24) is 19.7 Å². The van der Waals surface area contributed by atoms with Crippen molar-refractivity contribution in [2.24, 2.45) is 12.5 Å². The van der Waals surface area contributed by atoms with Gasteiger partial charge in [0.1, 0.15) is 6.33 Å². The maximum Gasteiger partial charge on any atom is 0.345 e. The van der Waals surface area contributed by atoms with E-state index in [1.54, 1.807) is 7.05 Å². The van der Waals surface area contributed by atoms with E-state index in [4.69, 9.17) is 0 Å². The topological polar surface area (TPSA) is 51.9 Å². The molecule has 1 N–H and O–H groups in total. The minimum Gasteiger partial charge on any atom is -0.315 e. The van der Waals surface area contributed by atoms with E-state index in [2.05, 4.69) is 31.2 Å². The van der Waals surface area contributed by atoms with Gasteiger partial charge >= 0.3 is 5.69 Å². The molecule has 5 nitrogen and oxygen atoms in total. The highest BCUT2D eigenvalue weighted by molar-refractivity contribution is 4.80. The summed E-state index contributed by atoms with van der Waals surface area (Å²) < 4.78 is 2.97. The summed E-state index contributed by atoms with van der Waals surface area (Å²) in [6.07, 6.45) is 1.54. The molecule has 0 bridgehead atoms. The molecule has 0 saturated carbocycles. The van der Waals surface area contributed by atoms with Crippen LogP contribution in [0.3, 0.4) is 0 Å². The average molecular weight is 212 g/mol. The maximum atomic E-state index is 11.6. The first-order chi connectivity index (χ1) is 6.86. The van der Waals surface area contributed by atoms with Gasteiger partial charge in [-0.1, -0.05) is 20.8 Å². The second-order valence-electron chi connectivity index (χ2n) is 4.91. The molecule has 1 heterocycles. The van der Waals surface area contributed by atoms with Gasteiger partial charge in [0.25, 0.3) is 0 Å². The van der Waals surface area contributed by atoms with Gasteiger partial charge in [-0.15, -0.1) is 0 Å². The molecule has 0 saturated heterocycles. The van der Waals surface area contributed by atoms with Crippen LogP contribution in [0.15, 0.2) is 11.1 Å². The SMILES string of the molecule is CNC(Cn1ncn(C)c1=O)C(C)(C)C. The number of hydrogen-bond donors (Lipinski definition) is 1. The zero-order valence-corrected chi connectivity index (χ0v) is 10.1. The minimum absolute atomic E-state index is 0.0699. The van der Waals surface area contributed by atoms with Crippen LogP contribution in [0.1, 0.15) is 20.8 Å². The Kier molecular flexibility index (Phi) is 3.34. The Balaban J connectivity index is 2.85. The van der Waals surface area contributed by atoms with Crippen LogP contribution >= 0.6 is 0 Å². The first kappa shape index (κ1) is 12.0. The van der Waals surface area contributed by atoms with Gasteiger partial charge in [-0.05, 0) is 12.5 Å². The van der Waals surface area contributed by atoms with Crippen molar-refractivity contribution in [3.63, 3.8) is 0 Å². The molecule has 15 heavy (non-hydrogen) atoms.